The molecule has 0 saturated carbocycles. The van der Waals surface area contributed by atoms with Crippen LogP contribution in [-0.2, 0) is 4.74 Å². The van der Waals surface area contributed by atoms with Crippen molar-refractivity contribution < 1.29 is 4.74 Å². The zero-order valence-electron chi connectivity index (χ0n) is 3.51. The normalized spacial score (nSPS) is 18.5. The van der Waals surface area contributed by atoms with E-state index < -0.39 is 0 Å². The molecular weight excluding hydrogens is 80.0 g/mol. The van der Waals surface area contributed by atoms with Gasteiger partial charge in [-0.05, 0) is 0 Å². The van der Waals surface area contributed by atoms with Crippen molar-refractivity contribution >= 4 is 6.40 Å². The van der Waals surface area contributed by atoms with Crippen LogP contribution in [0, 0.1) is 0 Å². The molecule has 0 aliphatic carbocycles. The third-order valence-electron chi connectivity index (χ3n) is 0.527. The molecule has 0 spiro atoms. The average molecular weight is 85.1 g/mol. The minimum atomic E-state index is 0.542. The van der Waals surface area contributed by atoms with E-state index in [2.05, 4.69) is 16.2 Å². The Balaban J connectivity index is 2.38. The third-order valence-corrected chi connectivity index (χ3v) is 0.527. The number of nitrogens with zero attached hydrogens (tertiary/aromatic N) is 2. The molecule has 0 aromatic rings. The van der Waals surface area contributed by atoms with E-state index >= 15 is 0 Å². The lowest BCUT2D eigenvalue weighted by molar-refractivity contribution is 0.203. The van der Waals surface area contributed by atoms with Gasteiger partial charge in [-0.2, -0.15) is 0 Å². The van der Waals surface area contributed by atoms with Crippen LogP contribution in [0.3, 0.4) is 0 Å². The topological polar surface area (TPSA) is 24.8 Å². The summed E-state index contributed by atoms with van der Waals surface area (Å²) in [6, 6.07) is 0. The Bertz CT molecular complexity index is 71.2. The van der Waals surface area contributed by atoms with E-state index in [-0.39, 0.29) is 0 Å². The maximum Gasteiger partial charge on any atom is 0.298 e. The molecule has 0 unspecified atom stereocenters. The smallest absolute Gasteiger partial charge is 0.298 e. The molecular formula is C3H5N2O. The molecule has 0 aromatic heterocycles. The molecule has 1 aliphatic heterocycles. The molecule has 33 valence electrons. The standard InChI is InChI=1S/C3H5N2O/c1-5-3-6-2-4-5/h3H2,1H3. The Morgan fingerprint density at radius 3 is 3.00 bits per heavy atom. The number of hydrogen-bond acceptors (Lipinski definition) is 3. The minimum absolute atomic E-state index is 0.542. The van der Waals surface area contributed by atoms with Crippen LogP contribution < -0.4 is 0 Å². The van der Waals surface area contributed by atoms with Crippen molar-refractivity contribution in [3.05, 3.63) is 0 Å². The van der Waals surface area contributed by atoms with E-state index in [1.54, 1.807) is 5.01 Å². The number of ether oxygens (including phenoxy) is 1. The molecule has 1 rings (SSSR count). The van der Waals surface area contributed by atoms with Gasteiger partial charge in [0.15, 0.2) is 6.73 Å². The second-order valence-corrected chi connectivity index (χ2v) is 1.12. The van der Waals surface area contributed by atoms with Crippen LogP contribution in [-0.4, -0.2) is 25.2 Å². The summed E-state index contributed by atoms with van der Waals surface area (Å²) in [5.41, 5.74) is 0. The second-order valence-electron chi connectivity index (χ2n) is 1.12. The molecule has 0 fully saturated rings. The summed E-state index contributed by atoms with van der Waals surface area (Å²) < 4.78 is 4.57. The van der Waals surface area contributed by atoms with E-state index in [4.69, 9.17) is 0 Å². The second kappa shape index (κ2) is 1.16. The number of hydrazone groups is 1. The molecule has 1 heterocycles. The van der Waals surface area contributed by atoms with Gasteiger partial charge in [-0.3, -0.25) is 5.01 Å². The third kappa shape index (κ3) is 0.429. The zero-order valence-corrected chi connectivity index (χ0v) is 3.51. The van der Waals surface area contributed by atoms with Crippen LogP contribution in [0.1, 0.15) is 0 Å². The SMILES string of the molecule is CN1CO[C]=N1. The maximum absolute atomic E-state index is 4.57. The Kier molecular flexibility index (Phi) is 0.670. The molecule has 6 heavy (non-hydrogen) atoms. The van der Waals surface area contributed by atoms with E-state index in [0.717, 1.165) is 0 Å². The van der Waals surface area contributed by atoms with Gasteiger partial charge < -0.3 is 4.74 Å². The highest BCUT2D eigenvalue weighted by molar-refractivity contribution is 5.46. The van der Waals surface area contributed by atoms with E-state index in [1.165, 1.54) is 0 Å². The van der Waals surface area contributed by atoms with Gasteiger partial charge in [0.1, 0.15) is 0 Å². The zero-order chi connectivity index (χ0) is 4.41. The van der Waals surface area contributed by atoms with Gasteiger partial charge in [-0.15, -0.1) is 5.10 Å². The molecule has 3 heteroatoms. The number of hydrogen-bond donors (Lipinski definition) is 0. The Morgan fingerprint density at radius 1 is 2.00 bits per heavy atom. The molecule has 0 bridgehead atoms. The molecule has 0 saturated heterocycles. The first kappa shape index (κ1) is 3.46. The summed E-state index contributed by atoms with van der Waals surface area (Å²) in [6.07, 6.45) is 2.32. The van der Waals surface area contributed by atoms with Crippen LogP contribution in [0.4, 0.5) is 0 Å². The fraction of sp³-hybridized carbons (Fsp3) is 0.667. The highest BCUT2D eigenvalue weighted by Gasteiger charge is 1.96. The molecule has 0 atom stereocenters. The predicted octanol–water partition coefficient (Wildman–Crippen LogP) is -0.274. The van der Waals surface area contributed by atoms with E-state index in [0.29, 0.717) is 6.73 Å². The van der Waals surface area contributed by atoms with Crippen molar-refractivity contribution in [2.45, 2.75) is 0 Å². The first-order valence-electron chi connectivity index (χ1n) is 1.68. The molecule has 1 aliphatic rings. The van der Waals surface area contributed by atoms with E-state index in [1.807, 2.05) is 7.05 Å². The van der Waals surface area contributed by atoms with Crippen LogP contribution in [0.2, 0.25) is 0 Å². The van der Waals surface area contributed by atoms with Gasteiger partial charge in [0.05, 0.1) is 0 Å². The fourth-order valence-electron chi connectivity index (χ4n) is 0.250. The van der Waals surface area contributed by atoms with Crippen molar-refractivity contribution in [3.8, 4) is 0 Å². The van der Waals surface area contributed by atoms with Crippen molar-refractivity contribution in [1.29, 1.82) is 0 Å². The minimum Gasteiger partial charge on any atom is -0.450 e. The van der Waals surface area contributed by atoms with Gasteiger partial charge in [0.25, 0.3) is 6.40 Å². The van der Waals surface area contributed by atoms with Gasteiger partial charge in [-0.25, -0.2) is 0 Å². The monoisotopic (exact) mass is 85.0 g/mol. The average Bonchev–Trinajstić information content (AvgIpc) is 1.86. The fourth-order valence-corrected chi connectivity index (χ4v) is 0.250. The quantitative estimate of drug-likeness (QED) is 0.404. The van der Waals surface area contributed by atoms with Crippen molar-refractivity contribution in [2.75, 3.05) is 13.8 Å². The Morgan fingerprint density at radius 2 is 2.83 bits per heavy atom. The summed E-state index contributed by atoms with van der Waals surface area (Å²) in [7, 11) is 1.82. The molecule has 0 aromatic carbocycles. The summed E-state index contributed by atoms with van der Waals surface area (Å²) in [4.78, 5) is 0. The van der Waals surface area contributed by atoms with Gasteiger partial charge in [-0.1, -0.05) is 0 Å². The van der Waals surface area contributed by atoms with Gasteiger partial charge in [0, 0.05) is 7.05 Å². The van der Waals surface area contributed by atoms with Crippen LogP contribution in [0.15, 0.2) is 5.10 Å². The lowest BCUT2D eigenvalue weighted by Gasteiger charge is -1.97. The summed E-state index contributed by atoms with van der Waals surface area (Å²) in [5.74, 6) is 0. The Labute approximate surface area is 36.2 Å². The molecule has 0 amide bonds. The van der Waals surface area contributed by atoms with Crippen molar-refractivity contribution in [2.24, 2.45) is 5.10 Å². The van der Waals surface area contributed by atoms with Crippen LogP contribution >= 0.6 is 0 Å². The highest BCUT2D eigenvalue weighted by Crippen LogP contribution is 1.88. The first-order chi connectivity index (χ1) is 2.89. The molecule has 0 N–H and O–H groups in total. The highest BCUT2D eigenvalue weighted by atomic mass is 16.5. The largest absolute Gasteiger partial charge is 0.450 e. The first-order valence-corrected chi connectivity index (χ1v) is 1.68. The lowest BCUT2D eigenvalue weighted by atomic mass is 11.1. The van der Waals surface area contributed by atoms with E-state index in [9.17, 15) is 0 Å². The van der Waals surface area contributed by atoms with Crippen molar-refractivity contribution in [1.82, 2.24) is 5.01 Å². The number of rotatable bonds is 0. The maximum atomic E-state index is 4.57. The molecule has 1 radical (unpaired) electrons. The Hall–Kier alpha value is -0.730. The van der Waals surface area contributed by atoms with Gasteiger partial charge >= 0.3 is 0 Å². The summed E-state index contributed by atoms with van der Waals surface area (Å²) >= 11 is 0. The van der Waals surface area contributed by atoms with Crippen LogP contribution in [0.5, 0.6) is 0 Å². The summed E-state index contributed by atoms with van der Waals surface area (Å²) in [5, 5.41) is 5.25. The van der Waals surface area contributed by atoms with Gasteiger partial charge in [0.2, 0.25) is 0 Å². The van der Waals surface area contributed by atoms with Crippen molar-refractivity contribution in [3.63, 3.8) is 0 Å². The summed E-state index contributed by atoms with van der Waals surface area (Å²) in [6.45, 7) is 0.542. The lowest BCUT2D eigenvalue weighted by Crippen LogP contribution is -2.05. The van der Waals surface area contributed by atoms with Crippen LogP contribution in [0.25, 0.3) is 0 Å². The predicted molar refractivity (Wildman–Crippen MR) is 21.1 cm³/mol. The molecule has 3 nitrogen and oxygen atoms in total.